The summed E-state index contributed by atoms with van der Waals surface area (Å²) in [7, 11) is 0. The molecule has 0 unspecified atom stereocenters. The smallest absolute Gasteiger partial charge is 0.284 e. The minimum atomic E-state index is -0.557. The maximum absolute atomic E-state index is 11.6. The molecule has 0 aromatic heterocycles. The van der Waals surface area contributed by atoms with Gasteiger partial charge in [-0.25, -0.2) is 0 Å². The van der Waals surface area contributed by atoms with Crippen molar-refractivity contribution in [3.8, 4) is 6.07 Å². The molecule has 0 aliphatic heterocycles. The van der Waals surface area contributed by atoms with Crippen LogP contribution in [0.5, 0.6) is 0 Å². The summed E-state index contributed by atoms with van der Waals surface area (Å²) in [6.07, 6.45) is 6.67. The second-order valence-corrected chi connectivity index (χ2v) is 6.37. The van der Waals surface area contributed by atoms with Gasteiger partial charge in [0.05, 0.1) is 0 Å². The Morgan fingerprint density at radius 2 is 1.79 bits per heavy atom. The Morgan fingerprint density at radius 1 is 1.21 bits per heavy atom. The summed E-state index contributed by atoms with van der Waals surface area (Å²) < 4.78 is 0. The molecule has 5 nitrogen and oxygen atoms in total. The normalized spacial score (nSPS) is 39.9. The molecule has 4 saturated carbocycles. The Bertz CT molecular complexity index is 424. The van der Waals surface area contributed by atoms with Crippen molar-refractivity contribution in [1.82, 2.24) is 5.32 Å². The highest BCUT2D eigenvalue weighted by Crippen LogP contribution is 2.56. The first-order chi connectivity index (χ1) is 9.21. The first kappa shape index (κ1) is 12.5. The molecule has 0 spiro atoms. The molecular weight excluding hydrogens is 242 g/mol. The van der Waals surface area contributed by atoms with E-state index in [0.29, 0.717) is 12.5 Å². The van der Waals surface area contributed by atoms with Crippen molar-refractivity contribution in [3.05, 3.63) is 0 Å². The minimum absolute atomic E-state index is 0.455. The maximum Gasteiger partial charge on any atom is 0.284 e. The molecule has 0 heterocycles. The lowest BCUT2D eigenvalue weighted by molar-refractivity contribution is -0.115. The predicted octanol–water partition coefficient (Wildman–Crippen LogP) is 1.53. The molecule has 19 heavy (non-hydrogen) atoms. The van der Waals surface area contributed by atoms with E-state index in [1.807, 2.05) is 0 Å². The van der Waals surface area contributed by atoms with Crippen molar-refractivity contribution in [2.75, 3.05) is 6.54 Å². The third kappa shape index (κ3) is 2.20. The summed E-state index contributed by atoms with van der Waals surface area (Å²) in [5.41, 5.74) is -0.455. The standard InChI is InChI=1S/C14H19N3O2/c15-6-13(17-19)14(18)16-7-12-10-2-8-1-9(4-10)5-11(12)3-8/h8-12,19H,1-5,7H2,(H,16,18)/b17-13+. The quantitative estimate of drug-likeness (QED) is 0.459. The molecule has 0 aromatic carbocycles. The third-order valence-electron chi connectivity index (χ3n) is 5.34. The predicted molar refractivity (Wildman–Crippen MR) is 68.4 cm³/mol. The van der Waals surface area contributed by atoms with Crippen molar-refractivity contribution < 1.29 is 10.0 Å². The van der Waals surface area contributed by atoms with Gasteiger partial charge in [-0.15, -0.1) is 0 Å². The van der Waals surface area contributed by atoms with Crippen molar-refractivity contribution in [1.29, 1.82) is 5.26 Å². The van der Waals surface area contributed by atoms with Gasteiger partial charge in [0.2, 0.25) is 5.71 Å². The molecule has 4 aliphatic carbocycles. The number of hydrogen-bond acceptors (Lipinski definition) is 4. The molecule has 102 valence electrons. The fourth-order valence-corrected chi connectivity index (χ4v) is 4.78. The summed E-state index contributed by atoms with van der Waals surface area (Å²) in [5.74, 6) is 3.32. The third-order valence-corrected chi connectivity index (χ3v) is 5.34. The average molecular weight is 261 g/mol. The SMILES string of the molecule is N#C/C(=N\O)C(=O)NCC1C2CC3CC(C2)CC1C3. The van der Waals surface area contributed by atoms with E-state index in [1.165, 1.54) is 32.1 Å². The molecule has 4 rings (SSSR count). The summed E-state index contributed by atoms with van der Waals surface area (Å²) >= 11 is 0. The van der Waals surface area contributed by atoms with E-state index < -0.39 is 11.6 Å². The topological polar surface area (TPSA) is 85.5 Å². The molecule has 0 aromatic rings. The first-order valence-corrected chi connectivity index (χ1v) is 7.11. The second kappa shape index (κ2) is 4.84. The number of nitrogens with one attached hydrogen (secondary N) is 1. The van der Waals surface area contributed by atoms with Crippen LogP contribution in [-0.2, 0) is 4.79 Å². The lowest BCUT2D eigenvalue weighted by Gasteiger charge is -2.54. The van der Waals surface area contributed by atoms with Crippen molar-refractivity contribution >= 4 is 11.6 Å². The van der Waals surface area contributed by atoms with E-state index >= 15 is 0 Å². The van der Waals surface area contributed by atoms with E-state index in [0.717, 1.165) is 23.7 Å². The van der Waals surface area contributed by atoms with Crippen molar-refractivity contribution in [2.45, 2.75) is 32.1 Å². The second-order valence-electron chi connectivity index (χ2n) is 6.37. The first-order valence-electron chi connectivity index (χ1n) is 7.11. The summed E-state index contributed by atoms with van der Waals surface area (Å²) in [4.78, 5) is 11.6. The number of nitrogens with zero attached hydrogens (tertiary/aromatic N) is 2. The Balaban J connectivity index is 1.59. The van der Waals surface area contributed by atoms with Crippen LogP contribution >= 0.6 is 0 Å². The van der Waals surface area contributed by atoms with Gasteiger partial charge in [-0.3, -0.25) is 4.79 Å². The van der Waals surface area contributed by atoms with Gasteiger partial charge in [-0.1, -0.05) is 5.16 Å². The van der Waals surface area contributed by atoms with E-state index in [-0.39, 0.29) is 0 Å². The van der Waals surface area contributed by atoms with Gasteiger partial charge in [0.25, 0.3) is 5.91 Å². The summed E-state index contributed by atoms with van der Waals surface area (Å²) in [5, 5.41) is 22.6. The molecule has 2 N–H and O–H groups in total. The molecule has 4 fully saturated rings. The van der Waals surface area contributed by atoms with Gasteiger partial charge >= 0.3 is 0 Å². The molecule has 0 saturated heterocycles. The lowest BCUT2D eigenvalue weighted by Crippen LogP contribution is -2.49. The zero-order valence-electron chi connectivity index (χ0n) is 10.9. The van der Waals surface area contributed by atoms with Crippen LogP contribution in [0.15, 0.2) is 5.16 Å². The minimum Gasteiger partial charge on any atom is -0.410 e. The Labute approximate surface area is 112 Å². The van der Waals surface area contributed by atoms with Gasteiger partial charge in [-0.2, -0.15) is 5.26 Å². The van der Waals surface area contributed by atoms with Crippen molar-refractivity contribution in [2.24, 2.45) is 34.7 Å². The maximum atomic E-state index is 11.6. The van der Waals surface area contributed by atoms with Crippen LogP contribution in [0.1, 0.15) is 32.1 Å². The van der Waals surface area contributed by atoms with E-state index in [4.69, 9.17) is 10.5 Å². The largest absolute Gasteiger partial charge is 0.410 e. The van der Waals surface area contributed by atoms with Crippen LogP contribution < -0.4 is 5.32 Å². The van der Waals surface area contributed by atoms with Crippen LogP contribution in [0, 0.1) is 40.9 Å². The van der Waals surface area contributed by atoms with Gasteiger partial charge in [0.1, 0.15) is 6.07 Å². The summed E-state index contributed by atoms with van der Waals surface area (Å²) in [6, 6.07) is 1.59. The molecular formula is C14H19N3O2. The number of carbonyl (C=O) groups is 1. The fraction of sp³-hybridized carbons (Fsp3) is 0.786. The fourth-order valence-electron chi connectivity index (χ4n) is 4.78. The number of rotatable bonds is 3. The molecule has 0 atom stereocenters. The van der Waals surface area contributed by atoms with Crippen molar-refractivity contribution in [3.63, 3.8) is 0 Å². The average Bonchev–Trinajstić information content (AvgIpc) is 2.38. The Hall–Kier alpha value is -1.57. The number of amides is 1. The zero-order chi connectivity index (χ0) is 13.4. The van der Waals surface area contributed by atoms with Crippen LogP contribution in [0.25, 0.3) is 0 Å². The zero-order valence-corrected chi connectivity index (χ0v) is 10.9. The monoisotopic (exact) mass is 261 g/mol. The van der Waals surface area contributed by atoms with Crippen LogP contribution in [0.2, 0.25) is 0 Å². The van der Waals surface area contributed by atoms with Crippen LogP contribution in [0.3, 0.4) is 0 Å². The van der Waals surface area contributed by atoms with Crippen LogP contribution in [-0.4, -0.2) is 23.4 Å². The highest BCUT2D eigenvalue weighted by atomic mass is 16.4. The van der Waals surface area contributed by atoms with E-state index in [9.17, 15) is 4.79 Å². The van der Waals surface area contributed by atoms with E-state index in [1.54, 1.807) is 6.07 Å². The molecule has 4 aliphatic rings. The van der Waals surface area contributed by atoms with E-state index in [2.05, 4.69) is 10.5 Å². The van der Waals surface area contributed by atoms with Crippen LogP contribution in [0.4, 0.5) is 0 Å². The van der Waals surface area contributed by atoms with Gasteiger partial charge in [0, 0.05) is 6.54 Å². The number of oxime groups is 1. The number of nitriles is 1. The number of carbonyl (C=O) groups excluding carboxylic acids is 1. The molecule has 0 radical (unpaired) electrons. The summed E-state index contributed by atoms with van der Waals surface area (Å²) in [6.45, 7) is 0.619. The highest BCUT2D eigenvalue weighted by Gasteiger charge is 2.47. The van der Waals surface area contributed by atoms with Gasteiger partial charge < -0.3 is 10.5 Å². The Kier molecular flexibility index (Phi) is 3.17. The number of hydrogen-bond donors (Lipinski definition) is 2. The highest BCUT2D eigenvalue weighted by molar-refractivity contribution is 6.44. The van der Waals surface area contributed by atoms with Gasteiger partial charge in [-0.05, 0) is 61.7 Å². The van der Waals surface area contributed by atoms with Gasteiger partial charge in [0.15, 0.2) is 0 Å². The molecule has 1 amide bonds. The molecule has 5 heteroatoms. The lowest BCUT2D eigenvalue weighted by atomic mass is 9.52. The Morgan fingerprint density at radius 3 is 2.26 bits per heavy atom. The molecule has 4 bridgehead atoms.